The fourth-order valence-electron chi connectivity index (χ4n) is 3.58. The lowest BCUT2D eigenvalue weighted by atomic mass is 9.95. The monoisotopic (exact) mass is 432 g/mol. The maximum Gasteiger partial charge on any atom is 0.339 e. The first-order valence-electron chi connectivity index (χ1n) is 8.95. The van der Waals surface area contributed by atoms with Gasteiger partial charge < -0.3 is 20.5 Å². The largest absolute Gasteiger partial charge is 0.451 e. The molecule has 1 aromatic carbocycles. The minimum Gasteiger partial charge on any atom is -0.451 e. The number of benzene rings is 1. The number of aromatic nitrogens is 2. The van der Waals surface area contributed by atoms with E-state index in [2.05, 4.69) is 36.5 Å². The smallest absolute Gasteiger partial charge is 0.339 e. The second-order valence-corrected chi connectivity index (χ2v) is 8.28. The van der Waals surface area contributed by atoms with Gasteiger partial charge in [0.1, 0.15) is 11.4 Å². The molecule has 7 nitrogen and oxygen atoms in total. The van der Waals surface area contributed by atoms with E-state index in [-0.39, 0.29) is 18.1 Å². The highest BCUT2D eigenvalue weighted by Crippen LogP contribution is 2.37. The molecule has 0 amide bonds. The van der Waals surface area contributed by atoms with Crippen LogP contribution in [-0.4, -0.2) is 33.2 Å². The van der Waals surface area contributed by atoms with E-state index in [1.807, 2.05) is 19.9 Å². The SMILES string of the molecule is CC1(C)OC(=O)c2ccc(Nc3ncc(Br)c(N[C@@H]4CCC[C@H]4O)n3)cc21. The number of carbonyl (C=O) groups excluding carboxylic acids is 1. The highest BCUT2D eigenvalue weighted by atomic mass is 79.9. The summed E-state index contributed by atoms with van der Waals surface area (Å²) < 4.78 is 6.14. The zero-order chi connectivity index (χ0) is 19.2. The fourth-order valence-corrected chi connectivity index (χ4v) is 3.89. The van der Waals surface area contributed by atoms with Crippen molar-refractivity contribution >= 4 is 39.4 Å². The molecule has 1 saturated carbocycles. The maximum atomic E-state index is 11.9. The number of carbonyl (C=O) groups is 1. The molecule has 2 atom stereocenters. The molecule has 27 heavy (non-hydrogen) atoms. The predicted molar refractivity (Wildman–Crippen MR) is 105 cm³/mol. The first-order chi connectivity index (χ1) is 12.8. The van der Waals surface area contributed by atoms with Gasteiger partial charge in [0.05, 0.1) is 22.2 Å². The minimum atomic E-state index is -0.657. The topological polar surface area (TPSA) is 96.4 Å². The fraction of sp³-hybridized carbons (Fsp3) is 0.421. The molecule has 1 aliphatic heterocycles. The Morgan fingerprint density at radius 1 is 1.33 bits per heavy atom. The highest BCUT2D eigenvalue weighted by molar-refractivity contribution is 9.10. The van der Waals surface area contributed by atoms with Crippen LogP contribution in [0.4, 0.5) is 17.5 Å². The average molecular weight is 433 g/mol. The first kappa shape index (κ1) is 18.2. The molecule has 1 aliphatic carbocycles. The number of aliphatic hydroxyl groups excluding tert-OH is 1. The molecule has 0 saturated heterocycles. The van der Waals surface area contributed by atoms with Crippen LogP contribution in [0.3, 0.4) is 0 Å². The molecular formula is C19H21BrN4O3. The van der Waals surface area contributed by atoms with Crippen LogP contribution < -0.4 is 10.6 Å². The predicted octanol–water partition coefficient (Wildman–Crippen LogP) is 3.71. The van der Waals surface area contributed by atoms with Crippen molar-refractivity contribution < 1.29 is 14.6 Å². The number of hydrogen-bond acceptors (Lipinski definition) is 7. The summed E-state index contributed by atoms with van der Waals surface area (Å²) >= 11 is 3.45. The van der Waals surface area contributed by atoms with Gasteiger partial charge in [-0.15, -0.1) is 0 Å². The van der Waals surface area contributed by atoms with Gasteiger partial charge >= 0.3 is 5.97 Å². The molecule has 1 aromatic heterocycles. The van der Waals surface area contributed by atoms with Gasteiger partial charge in [0.2, 0.25) is 5.95 Å². The van der Waals surface area contributed by atoms with Gasteiger partial charge in [-0.05, 0) is 67.2 Å². The number of nitrogens with one attached hydrogen (secondary N) is 2. The summed E-state index contributed by atoms with van der Waals surface area (Å²) in [5.74, 6) is 0.762. The number of hydrogen-bond donors (Lipinski definition) is 3. The summed E-state index contributed by atoms with van der Waals surface area (Å²) in [5, 5.41) is 16.5. The normalized spacial score (nSPS) is 23.0. The van der Waals surface area contributed by atoms with Crippen LogP contribution in [-0.2, 0) is 10.3 Å². The number of nitrogens with zero attached hydrogens (tertiary/aromatic N) is 2. The molecule has 142 valence electrons. The molecule has 4 rings (SSSR count). The summed E-state index contributed by atoms with van der Waals surface area (Å²) in [6, 6.07) is 5.44. The second-order valence-electron chi connectivity index (χ2n) is 7.42. The third-order valence-corrected chi connectivity index (χ3v) is 5.62. The van der Waals surface area contributed by atoms with E-state index in [0.29, 0.717) is 17.3 Å². The van der Waals surface area contributed by atoms with Crippen molar-refractivity contribution in [1.82, 2.24) is 9.97 Å². The summed E-state index contributed by atoms with van der Waals surface area (Å²) in [6.07, 6.45) is 4.02. The van der Waals surface area contributed by atoms with Crippen molar-refractivity contribution in [3.8, 4) is 0 Å². The zero-order valence-corrected chi connectivity index (χ0v) is 16.7. The van der Waals surface area contributed by atoms with Crippen molar-refractivity contribution in [3.05, 3.63) is 40.0 Å². The number of esters is 1. The summed E-state index contributed by atoms with van der Waals surface area (Å²) in [5.41, 5.74) is 1.53. The van der Waals surface area contributed by atoms with Crippen LogP contribution in [0.2, 0.25) is 0 Å². The van der Waals surface area contributed by atoms with Gasteiger partial charge in [-0.1, -0.05) is 0 Å². The van der Waals surface area contributed by atoms with Gasteiger partial charge in [-0.3, -0.25) is 0 Å². The quantitative estimate of drug-likeness (QED) is 0.633. The second kappa shape index (κ2) is 6.76. The van der Waals surface area contributed by atoms with Crippen LogP contribution in [0.5, 0.6) is 0 Å². The molecule has 2 heterocycles. The third kappa shape index (κ3) is 3.51. The molecule has 2 aliphatic rings. The third-order valence-electron chi connectivity index (χ3n) is 5.04. The van der Waals surface area contributed by atoms with E-state index < -0.39 is 5.60 Å². The maximum absolute atomic E-state index is 11.9. The Hall–Kier alpha value is -2.19. The Bertz CT molecular complexity index is 903. The molecule has 3 N–H and O–H groups in total. The van der Waals surface area contributed by atoms with Gasteiger partial charge in [-0.25, -0.2) is 9.78 Å². The van der Waals surface area contributed by atoms with E-state index in [9.17, 15) is 9.90 Å². The number of halogens is 1. The van der Waals surface area contributed by atoms with Crippen molar-refractivity contribution in [1.29, 1.82) is 0 Å². The number of rotatable bonds is 4. The standard InChI is InChI=1S/C19H21BrN4O3/c1-19(2)12-8-10(6-7-11(12)17(26)27-19)22-18-21-9-13(20)16(24-18)23-14-4-3-5-15(14)25/h6-9,14-15,25H,3-5H2,1-2H3,(H2,21,22,23,24)/t14-,15-/m1/s1. The summed E-state index contributed by atoms with van der Waals surface area (Å²) in [7, 11) is 0. The molecule has 0 spiro atoms. The Balaban J connectivity index is 1.57. The Kier molecular flexibility index (Phi) is 4.55. The van der Waals surface area contributed by atoms with E-state index in [1.54, 1.807) is 18.3 Å². The summed E-state index contributed by atoms with van der Waals surface area (Å²) in [6.45, 7) is 3.73. The molecule has 2 aromatic rings. The molecule has 0 bridgehead atoms. The summed E-state index contributed by atoms with van der Waals surface area (Å²) in [4.78, 5) is 20.7. The minimum absolute atomic E-state index is 0.00648. The Morgan fingerprint density at radius 2 is 2.15 bits per heavy atom. The van der Waals surface area contributed by atoms with E-state index in [0.717, 1.165) is 35.0 Å². The van der Waals surface area contributed by atoms with E-state index in [1.165, 1.54) is 0 Å². The highest BCUT2D eigenvalue weighted by Gasteiger charge is 2.37. The Morgan fingerprint density at radius 3 is 2.89 bits per heavy atom. The number of cyclic esters (lactones) is 1. The molecule has 8 heteroatoms. The van der Waals surface area contributed by atoms with E-state index in [4.69, 9.17) is 4.74 Å². The van der Waals surface area contributed by atoms with Crippen molar-refractivity contribution in [2.45, 2.75) is 50.9 Å². The number of ether oxygens (including phenoxy) is 1. The van der Waals surface area contributed by atoms with Crippen LogP contribution in [0, 0.1) is 0 Å². The van der Waals surface area contributed by atoms with Crippen LogP contribution >= 0.6 is 15.9 Å². The van der Waals surface area contributed by atoms with Gasteiger partial charge in [-0.2, -0.15) is 4.98 Å². The lowest BCUT2D eigenvalue weighted by molar-refractivity contribution is 0.00955. The molecular weight excluding hydrogens is 412 g/mol. The first-order valence-corrected chi connectivity index (χ1v) is 9.75. The van der Waals surface area contributed by atoms with Crippen molar-refractivity contribution in [2.24, 2.45) is 0 Å². The van der Waals surface area contributed by atoms with E-state index >= 15 is 0 Å². The number of aliphatic hydroxyl groups is 1. The lowest BCUT2D eigenvalue weighted by Crippen LogP contribution is -2.28. The van der Waals surface area contributed by atoms with Crippen LogP contribution in [0.25, 0.3) is 0 Å². The van der Waals surface area contributed by atoms with Gasteiger partial charge in [0.25, 0.3) is 0 Å². The molecule has 0 radical (unpaired) electrons. The number of anilines is 3. The Labute approximate surface area is 165 Å². The van der Waals surface area contributed by atoms with Crippen LogP contribution in [0.1, 0.15) is 49.0 Å². The van der Waals surface area contributed by atoms with Gasteiger partial charge in [0, 0.05) is 17.4 Å². The molecule has 1 fully saturated rings. The average Bonchev–Trinajstić information content (AvgIpc) is 3.11. The molecule has 0 unspecified atom stereocenters. The van der Waals surface area contributed by atoms with Gasteiger partial charge in [0.15, 0.2) is 0 Å². The van der Waals surface area contributed by atoms with Crippen LogP contribution in [0.15, 0.2) is 28.9 Å². The lowest BCUT2D eigenvalue weighted by Gasteiger charge is -2.19. The zero-order valence-electron chi connectivity index (χ0n) is 15.1. The number of fused-ring (bicyclic) bond motifs is 1. The van der Waals surface area contributed by atoms with Crippen molar-refractivity contribution in [3.63, 3.8) is 0 Å². The van der Waals surface area contributed by atoms with Crippen molar-refractivity contribution in [2.75, 3.05) is 10.6 Å².